The van der Waals surface area contributed by atoms with Crippen LogP contribution in [-0.2, 0) is 4.74 Å². The SMILES string of the molecule is CCCCOCCCNC(=O)c1cccc(F)c1NCC. The summed E-state index contributed by atoms with van der Waals surface area (Å²) in [6.45, 7) is 6.45. The predicted molar refractivity (Wildman–Crippen MR) is 83.2 cm³/mol. The second-order valence-electron chi connectivity index (χ2n) is 4.77. The molecule has 0 aromatic heterocycles. The van der Waals surface area contributed by atoms with E-state index in [0.29, 0.717) is 25.3 Å². The topological polar surface area (TPSA) is 50.4 Å². The van der Waals surface area contributed by atoms with E-state index < -0.39 is 5.82 Å². The van der Waals surface area contributed by atoms with Gasteiger partial charge in [0.15, 0.2) is 0 Å². The van der Waals surface area contributed by atoms with Crippen LogP contribution in [-0.4, -0.2) is 32.2 Å². The highest BCUT2D eigenvalue weighted by molar-refractivity contribution is 5.99. The van der Waals surface area contributed by atoms with Crippen molar-refractivity contribution in [3.8, 4) is 0 Å². The van der Waals surface area contributed by atoms with E-state index in [-0.39, 0.29) is 11.6 Å². The molecule has 0 unspecified atom stereocenters. The van der Waals surface area contributed by atoms with E-state index in [1.807, 2.05) is 6.92 Å². The minimum Gasteiger partial charge on any atom is -0.382 e. The zero-order valence-electron chi connectivity index (χ0n) is 12.9. The second-order valence-corrected chi connectivity index (χ2v) is 4.77. The van der Waals surface area contributed by atoms with Crippen LogP contribution < -0.4 is 10.6 Å². The lowest BCUT2D eigenvalue weighted by atomic mass is 10.1. The first-order valence-electron chi connectivity index (χ1n) is 7.59. The van der Waals surface area contributed by atoms with Crippen LogP contribution in [0, 0.1) is 5.82 Å². The van der Waals surface area contributed by atoms with Crippen LogP contribution in [0.1, 0.15) is 43.5 Å². The molecule has 0 spiro atoms. The minimum absolute atomic E-state index is 0.261. The number of benzene rings is 1. The van der Waals surface area contributed by atoms with E-state index in [9.17, 15) is 9.18 Å². The van der Waals surface area contributed by atoms with Crippen molar-refractivity contribution in [1.29, 1.82) is 0 Å². The summed E-state index contributed by atoms with van der Waals surface area (Å²) in [7, 11) is 0. The van der Waals surface area contributed by atoms with Gasteiger partial charge in [0.25, 0.3) is 5.91 Å². The van der Waals surface area contributed by atoms with E-state index >= 15 is 0 Å². The Labute approximate surface area is 126 Å². The van der Waals surface area contributed by atoms with Gasteiger partial charge in [0.05, 0.1) is 11.3 Å². The van der Waals surface area contributed by atoms with Crippen LogP contribution in [0.15, 0.2) is 18.2 Å². The molecule has 5 heteroatoms. The number of carbonyl (C=O) groups is 1. The van der Waals surface area contributed by atoms with Gasteiger partial charge in [-0.2, -0.15) is 0 Å². The highest BCUT2D eigenvalue weighted by atomic mass is 19.1. The lowest BCUT2D eigenvalue weighted by Crippen LogP contribution is -2.26. The van der Waals surface area contributed by atoms with Crippen molar-refractivity contribution in [2.45, 2.75) is 33.1 Å². The molecular formula is C16H25FN2O2. The van der Waals surface area contributed by atoms with Gasteiger partial charge in [-0.25, -0.2) is 4.39 Å². The van der Waals surface area contributed by atoms with Crippen molar-refractivity contribution in [3.63, 3.8) is 0 Å². The third kappa shape index (κ3) is 6.12. The molecule has 2 N–H and O–H groups in total. The highest BCUT2D eigenvalue weighted by Gasteiger charge is 2.13. The van der Waals surface area contributed by atoms with Crippen molar-refractivity contribution in [2.75, 3.05) is 31.6 Å². The first kappa shape index (κ1) is 17.4. The summed E-state index contributed by atoms with van der Waals surface area (Å²) in [5, 5.41) is 5.68. The Bertz CT molecular complexity index is 438. The molecule has 0 bridgehead atoms. The largest absolute Gasteiger partial charge is 0.382 e. The third-order valence-electron chi connectivity index (χ3n) is 3.01. The van der Waals surface area contributed by atoms with Gasteiger partial charge in [-0.15, -0.1) is 0 Å². The van der Waals surface area contributed by atoms with Gasteiger partial charge in [0.1, 0.15) is 5.82 Å². The van der Waals surface area contributed by atoms with Gasteiger partial charge >= 0.3 is 0 Å². The van der Waals surface area contributed by atoms with Gasteiger partial charge in [0, 0.05) is 26.3 Å². The van der Waals surface area contributed by atoms with E-state index in [1.54, 1.807) is 12.1 Å². The zero-order valence-corrected chi connectivity index (χ0v) is 12.9. The molecule has 0 heterocycles. The Kier molecular flexibility index (Phi) is 8.43. The van der Waals surface area contributed by atoms with E-state index in [2.05, 4.69) is 17.6 Å². The molecule has 0 saturated heterocycles. The Morgan fingerprint density at radius 2 is 2.00 bits per heavy atom. The number of amides is 1. The molecule has 0 saturated carbocycles. The number of rotatable bonds is 10. The number of unbranched alkanes of at least 4 members (excludes halogenated alkanes) is 1. The number of carbonyl (C=O) groups excluding carboxylic acids is 1. The molecule has 4 nitrogen and oxygen atoms in total. The number of nitrogens with one attached hydrogen (secondary N) is 2. The summed E-state index contributed by atoms with van der Waals surface area (Å²) in [5.41, 5.74) is 0.598. The molecule has 21 heavy (non-hydrogen) atoms. The number of halogens is 1. The van der Waals surface area contributed by atoms with Crippen molar-refractivity contribution in [3.05, 3.63) is 29.6 Å². The number of para-hydroxylation sites is 1. The van der Waals surface area contributed by atoms with Gasteiger partial charge in [-0.1, -0.05) is 19.4 Å². The van der Waals surface area contributed by atoms with Crippen molar-refractivity contribution < 1.29 is 13.9 Å². The standard InChI is InChI=1S/C16H25FN2O2/c1-3-5-11-21-12-7-10-19-16(20)13-8-6-9-14(17)15(13)18-4-2/h6,8-9,18H,3-5,7,10-12H2,1-2H3,(H,19,20). The average Bonchev–Trinajstić information content (AvgIpc) is 2.48. The fraction of sp³-hybridized carbons (Fsp3) is 0.562. The number of hydrogen-bond donors (Lipinski definition) is 2. The van der Waals surface area contributed by atoms with E-state index in [0.717, 1.165) is 25.9 Å². The maximum atomic E-state index is 13.7. The van der Waals surface area contributed by atoms with Gasteiger partial charge in [0.2, 0.25) is 0 Å². The molecule has 118 valence electrons. The Morgan fingerprint density at radius 1 is 1.24 bits per heavy atom. The summed E-state index contributed by atoms with van der Waals surface area (Å²) in [6, 6.07) is 4.50. The fourth-order valence-electron chi connectivity index (χ4n) is 1.89. The molecule has 0 aliphatic heterocycles. The number of ether oxygens (including phenoxy) is 1. The maximum absolute atomic E-state index is 13.7. The van der Waals surface area contributed by atoms with Gasteiger partial charge < -0.3 is 15.4 Å². The van der Waals surface area contributed by atoms with Crippen molar-refractivity contribution in [2.24, 2.45) is 0 Å². The summed E-state index contributed by atoms with van der Waals surface area (Å²) in [6.07, 6.45) is 2.92. The molecule has 0 aliphatic rings. The molecule has 0 atom stereocenters. The van der Waals surface area contributed by atoms with Crippen LogP contribution in [0.4, 0.5) is 10.1 Å². The summed E-state index contributed by atoms with van der Waals surface area (Å²) in [4.78, 5) is 12.1. The first-order valence-corrected chi connectivity index (χ1v) is 7.59. The molecule has 0 aliphatic carbocycles. The normalized spacial score (nSPS) is 10.4. The molecule has 1 aromatic rings. The van der Waals surface area contributed by atoms with Crippen LogP contribution in [0.5, 0.6) is 0 Å². The lowest BCUT2D eigenvalue weighted by Gasteiger charge is -2.12. The van der Waals surface area contributed by atoms with Crippen LogP contribution >= 0.6 is 0 Å². The monoisotopic (exact) mass is 296 g/mol. The maximum Gasteiger partial charge on any atom is 0.253 e. The Morgan fingerprint density at radius 3 is 2.71 bits per heavy atom. The number of anilines is 1. The average molecular weight is 296 g/mol. The molecule has 0 fully saturated rings. The fourth-order valence-corrected chi connectivity index (χ4v) is 1.89. The summed E-state index contributed by atoms with van der Waals surface area (Å²) < 4.78 is 19.1. The van der Waals surface area contributed by atoms with Gasteiger partial charge in [-0.05, 0) is 31.9 Å². The lowest BCUT2D eigenvalue weighted by molar-refractivity contribution is 0.0941. The Hall–Kier alpha value is -1.62. The minimum atomic E-state index is -0.410. The molecule has 0 radical (unpaired) electrons. The smallest absolute Gasteiger partial charge is 0.253 e. The quantitative estimate of drug-likeness (QED) is 0.652. The van der Waals surface area contributed by atoms with Gasteiger partial charge in [-0.3, -0.25) is 4.79 Å². The predicted octanol–water partition coefficient (Wildman–Crippen LogP) is 3.19. The Balaban J connectivity index is 2.40. The van der Waals surface area contributed by atoms with E-state index in [1.165, 1.54) is 6.07 Å². The van der Waals surface area contributed by atoms with Crippen LogP contribution in [0.2, 0.25) is 0 Å². The van der Waals surface area contributed by atoms with Crippen molar-refractivity contribution in [1.82, 2.24) is 5.32 Å². The van der Waals surface area contributed by atoms with Crippen LogP contribution in [0.25, 0.3) is 0 Å². The van der Waals surface area contributed by atoms with Crippen LogP contribution in [0.3, 0.4) is 0 Å². The first-order chi connectivity index (χ1) is 10.2. The van der Waals surface area contributed by atoms with E-state index in [4.69, 9.17) is 4.74 Å². The molecular weight excluding hydrogens is 271 g/mol. The third-order valence-corrected chi connectivity index (χ3v) is 3.01. The second kappa shape index (κ2) is 10.2. The molecule has 1 amide bonds. The number of hydrogen-bond acceptors (Lipinski definition) is 3. The molecule has 1 aromatic carbocycles. The van der Waals surface area contributed by atoms with Crippen molar-refractivity contribution >= 4 is 11.6 Å². The zero-order chi connectivity index (χ0) is 15.5. The summed E-state index contributed by atoms with van der Waals surface area (Å²) >= 11 is 0. The molecule has 1 rings (SSSR count). The summed E-state index contributed by atoms with van der Waals surface area (Å²) in [5.74, 6) is -0.675. The highest BCUT2D eigenvalue weighted by Crippen LogP contribution is 2.19.